The molecule has 76 valence electrons. The maximum atomic E-state index is 9.20. The summed E-state index contributed by atoms with van der Waals surface area (Å²) in [6, 6.07) is 9.56. The van der Waals surface area contributed by atoms with Gasteiger partial charge >= 0.3 is 7.05 Å². The lowest BCUT2D eigenvalue weighted by Gasteiger charge is -2.08. The zero-order chi connectivity index (χ0) is 10.8. The molecular formula is C10H10BClN2O. The van der Waals surface area contributed by atoms with E-state index in [1.54, 1.807) is 6.82 Å². The molecule has 1 aromatic heterocycles. The third-order valence-corrected chi connectivity index (χ3v) is 2.33. The molecule has 2 rings (SSSR count). The first kappa shape index (κ1) is 10.3. The van der Waals surface area contributed by atoms with Crippen LogP contribution >= 0.6 is 11.6 Å². The Bertz CT molecular complexity index is 490. The van der Waals surface area contributed by atoms with Crippen molar-refractivity contribution in [3.63, 3.8) is 0 Å². The van der Waals surface area contributed by atoms with Gasteiger partial charge in [-0.3, -0.25) is 0 Å². The number of halogens is 1. The summed E-state index contributed by atoms with van der Waals surface area (Å²) in [4.78, 5) is 4.22. The lowest BCUT2D eigenvalue weighted by Crippen LogP contribution is -2.19. The zero-order valence-electron chi connectivity index (χ0n) is 8.24. The van der Waals surface area contributed by atoms with Gasteiger partial charge in [-0.15, -0.1) is 0 Å². The molecular weight excluding hydrogens is 210 g/mol. The molecule has 1 heterocycles. The number of pyridine rings is 1. The van der Waals surface area contributed by atoms with Crippen molar-refractivity contribution in [3.8, 4) is 0 Å². The van der Waals surface area contributed by atoms with E-state index in [1.807, 2.05) is 30.3 Å². The van der Waals surface area contributed by atoms with Gasteiger partial charge in [0.05, 0.1) is 11.2 Å². The second kappa shape index (κ2) is 4.09. The summed E-state index contributed by atoms with van der Waals surface area (Å²) in [5.41, 5.74) is 1.49. The van der Waals surface area contributed by atoms with Crippen molar-refractivity contribution in [2.24, 2.45) is 0 Å². The number of hydrogen-bond acceptors (Lipinski definition) is 3. The molecule has 0 aliphatic heterocycles. The molecule has 5 heteroatoms. The molecule has 0 saturated heterocycles. The second-order valence-corrected chi connectivity index (χ2v) is 3.70. The largest absolute Gasteiger partial charge is 0.433 e. The highest BCUT2D eigenvalue weighted by Gasteiger charge is 2.08. The molecule has 0 aliphatic rings. The number of rotatable bonds is 2. The molecule has 0 radical (unpaired) electrons. The predicted octanol–water partition coefficient (Wildman–Crippen LogP) is 2.41. The molecule has 0 atom stereocenters. The minimum absolute atomic E-state index is 0.370. The smallest absolute Gasteiger partial charge is 0.406 e. The van der Waals surface area contributed by atoms with Crippen LogP contribution in [-0.4, -0.2) is 17.1 Å². The summed E-state index contributed by atoms with van der Waals surface area (Å²) in [6.07, 6.45) is 0. The molecule has 1 aromatic carbocycles. The Morgan fingerprint density at radius 1 is 1.40 bits per heavy atom. The highest BCUT2D eigenvalue weighted by molar-refractivity contribution is 6.53. The summed E-state index contributed by atoms with van der Waals surface area (Å²) < 4.78 is 0. The Morgan fingerprint density at radius 2 is 2.13 bits per heavy atom. The third-order valence-electron chi connectivity index (χ3n) is 2.04. The van der Waals surface area contributed by atoms with Crippen molar-refractivity contribution in [1.29, 1.82) is 0 Å². The van der Waals surface area contributed by atoms with E-state index in [4.69, 9.17) is 11.6 Å². The Balaban J connectivity index is 2.52. The molecule has 0 saturated carbocycles. The predicted molar refractivity (Wildman–Crippen MR) is 64.2 cm³/mol. The Hall–Kier alpha value is -1.26. The first-order valence-corrected chi connectivity index (χ1v) is 5.04. The van der Waals surface area contributed by atoms with Gasteiger partial charge in [-0.1, -0.05) is 29.8 Å². The summed E-state index contributed by atoms with van der Waals surface area (Å²) in [5, 5.41) is 13.4. The average molecular weight is 220 g/mol. The van der Waals surface area contributed by atoms with Crippen LogP contribution in [0.1, 0.15) is 0 Å². The van der Waals surface area contributed by atoms with Crippen LogP contribution in [0.15, 0.2) is 30.3 Å². The number of benzene rings is 1. The van der Waals surface area contributed by atoms with Crippen molar-refractivity contribution in [2.45, 2.75) is 6.82 Å². The fourth-order valence-corrected chi connectivity index (χ4v) is 1.62. The molecule has 0 spiro atoms. The van der Waals surface area contributed by atoms with Crippen molar-refractivity contribution in [2.75, 3.05) is 5.23 Å². The van der Waals surface area contributed by atoms with E-state index in [1.165, 1.54) is 0 Å². The fourth-order valence-electron chi connectivity index (χ4n) is 1.42. The van der Waals surface area contributed by atoms with E-state index in [-0.39, 0.29) is 0 Å². The Labute approximate surface area is 93.2 Å². The van der Waals surface area contributed by atoms with Crippen molar-refractivity contribution in [1.82, 2.24) is 4.98 Å². The Morgan fingerprint density at radius 3 is 2.87 bits per heavy atom. The molecule has 0 bridgehead atoms. The molecule has 0 fully saturated rings. The van der Waals surface area contributed by atoms with Crippen LogP contribution in [-0.2, 0) is 0 Å². The average Bonchev–Trinajstić information content (AvgIpc) is 2.18. The van der Waals surface area contributed by atoms with E-state index in [0.29, 0.717) is 10.8 Å². The van der Waals surface area contributed by atoms with Crippen LogP contribution in [0.2, 0.25) is 12.0 Å². The lowest BCUT2D eigenvalue weighted by atomic mass is 9.88. The third kappa shape index (κ3) is 2.22. The minimum Gasteiger partial charge on any atom is -0.433 e. The van der Waals surface area contributed by atoms with Crippen molar-refractivity contribution in [3.05, 3.63) is 35.5 Å². The second-order valence-electron chi connectivity index (χ2n) is 3.34. The molecule has 3 nitrogen and oxygen atoms in total. The molecule has 2 aromatic rings. The summed E-state index contributed by atoms with van der Waals surface area (Å²) >= 11 is 5.96. The molecule has 15 heavy (non-hydrogen) atoms. The topological polar surface area (TPSA) is 45.1 Å². The summed E-state index contributed by atoms with van der Waals surface area (Å²) in [7, 11) is -0.648. The standard InChI is InChI=1S/C10H10BClN2O/c1-11(15)14-9-6-7-4-2-3-5-8(7)13-10(9)12/h2-6,14-15H,1H3. The van der Waals surface area contributed by atoms with Gasteiger partial charge in [0.25, 0.3) is 0 Å². The first-order chi connectivity index (χ1) is 7.16. The number of anilines is 1. The molecule has 0 amide bonds. The van der Waals surface area contributed by atoms with E-state index < -0.39 is 7.05 Å². The number of nitrogens with one attached hydrogen (secondary N) is 1. The van der Waals surface area contributed by atoms with Crippen molar-refractivity contribution < 1.29 is 5.02 Å². The molecule has 0 aliphatic carbocycles. The zero-order valence-corrected chi connectivity index (χ0v) is 8.99. The Kier molecular flexibility index (Phi) is 2.80. The first-order valence-electron chi connectivity index (χ1n) is 4.67. The van der Waals surface area contributed by atoms with Gasteiger partial charge < -0.3 is 10.3 Å². The maximum absolute atomic E-state index is 9.20. The van der Waals surface area contributed by atoms with Gasteiger partial charge in [0, 0.05) is 5.39 Å². The summed E-state index contributed by atoms with van der Waals surface area (Å²) in [5.74, 6) is 0. The number of hydrogen-bond donors (Lipinski definition) is 2. The lowest BCUT2D eigenvalue weighted by molar-refractivity contribution is 0.587. The van der Waals surface area contributed by atoms with E-state index >= 15 is 0 Å². The fraction of sp³-hybridized carbons (Fsp3) is 0.100. The van der Waals surface area contributed by atoms with Crippen LogP contribution in [0.3, 0.4) is 0 Å². The van der Waals surface area contributed by atoms with Gasteiger partial charge in [-0.25, -0.2) is 4.98 Å². The van der Waals surface area contributed by atoms with Crippen LogP contribution in [0.4, 0.5) is 5.69 Å². The minimum atomic E-state index is -0.648. The number of aromatic nitrogens is 1. The monoisotopic (exact) mass is 220 g/mol. The van der Waals surface area contributed by atoms with Gasteiger partial charge in [0.1, 0.15) is 0 Å². The van der Waals surface area contributed by atoms with E-state index in [2.05, 4.69) is 10.2 Å². The summed E-state index contributed by atoms with van der Waals surface area (Å²) in [6.45, 7) is 1.63. The van der Waals surface area contributed by atoms with E-state index in [0.717, 1.165) is 10.9 Å². The van der Waals surface area contributed by atoms with Crippen LogP contribution in [0.25, 0.3) is 10.9 Å². The maximum Gasteiger partial charge on any atom is 0.406 e. The molecule has 2 N–H and O–H groups in total. The normalized spacial score (nSPS) is 10.3. The molecule has 0 unspecified atom stereocenters. The highest BCUT2D eigenvalue weighted by atomic mass is 35.5. The van der Waals surface area contributed by atoms with E-state index in [9.17, 15) is 5.02 Å². The number of nitrogens with zero attached hydrogens (tertiary/aromatic N) is 1. The van der Waals surface area contributed by atoms with Crippen molar-refractivity contribution >= 4 is 35.2 Å². The highest BCUT2D eigenvalue weighted by Crippen LogP contribution is 2.24. The van der Waals surface area contributed by atoms with Gasteiger partial charge in [0.2, 0.25) is 0 Å². The van der Waals surface area contributed by atoms with Crippen LogP contribution in [0.5, 0.6) is 0 Å². The van der Waals surface area contributed by atoms with Gasteiger partial charge in [0.15, 0.2) is 5.15 Å². The van der Waals surface area contributed by atoms with Crippen LogP contribution in [0, 0.1) is 0 Å². The SMILES string of the molecule is CB(O)Nc1cc2ccccc2nc1Cl. The van der Waals surface area contributed by atoms with Gasteiger partial charge in [-0.05, 0) is 19.0 Å². The van der Waals surface area contributed by atoms with Gasteiger partial charge in [-0.2, -0.15) is 0 Å². The number of para-hydroxylation sites is 1. The quantitative estimate of drug-likeness (QED) is 0.603. The number of fused-ring (bicyclic) bond motifs is 1. The van der Waals surface area contributed by atoms with Crippen LogP contribution < -0.4 is 5.23 Å².